The van der Waals surface area contributed by atoms with E-state index in [4.69, 9.17) is 0 Å². The number of rotatable bonds is 2. The van der Waals surface area contributed by atoms with Crippen LogP contribution in [0.15, 0.2) is 10.3 Å². The summed E-state index contributed by atoms with van der Waals surface area (Å²) in [5.41, 5.74) is 0. The van der Waals surface area contributed by atoms with Gasteiger partial charge in [-0.25, -0.2) is 0 Å². The van der Waals surface area contributed by atoms with Crippen molar-refractivity contribution >= 4 is 0 Å². The summed E-state index contributed by atoms with van der Waals surface area (Å²) in [4.78, 5) is 0. The van der Waals surface area contributed by atoms with Crippen LogP contribution < -0.4 is 0 Å². The zero-order chi connectivity index (χ0) is 12.0. The Labute approximate surface area is 105 Å². The highest BCUT2D eigenvalue weighted by Crippen LogP contribution is 2.55. The van der Waals surface area contributed by atoms with E-state index in [9.17, 15) is 0 Å². The number of nitrogens with zero attached hydrogens (tertiary/aromatic N) is 3. The van der Waals surface area contributed by atoms with Crippen LogP contribution in [0.25, 0.3) is 0 Å². The second-order valence-corrected chi connectivity index (χ2v) is 6.37. The molecule has 2 saturated carbocycles. The van der Waals surface area contributed by atoms with Gasteiger partial charge in [0.1, 0.15) is 0 Å². The second kappa shape index (κ2) is 4.25. The molecular formula is C14H25N3. The lowest BCUT2D eigenvalue weighted by Crippen LogP contribution is -2.39. The van der Waals surface area contributed by atoms with Gasteiger partial charge in [-0.3, -0.25) is 5.01 Å². The van der Waals surface area contributed by atoms with E-state index in [2.05, 4.69) is 36.1 Å². The summed E-state index contributed by atoms with van der Waals surface area (Å²) < 4.78 is 0. The number of hydrogen-bond acceptors (Lipinski definition) is 3. The molecule has 2 aliphatic carbocycles. The van der Waals surface area contributed by atoms with E-state index in [0.29, 0.717) is 18.1 Å². The SMILES string of the molecule is CCC1[C@H]2CCC3C(CC[C@@H]12)N=NN3C(C)C. The van der Waals surface area contributed by atoms with Crippen molar-refractivity contribution in [1.82, 2.24) is 5.01 Å². The Kier molecular flexibility index (Phi) is 2.87. The quantitative estimate of drug-likeness (QED) is 0.718. The maximum Gasteiger partial charge on any atom is 0.0949 e. The van der Waals surface area contributed by atoms with E-state index in [1.165, 1.54) is 32.1 Å². The fourth-order valence-electron chi connectivity index (χ4n) is 4.22. The van der Waals surface area contributed by atoms with E-state index in [1.807, 2.05) is 0 Å². The van der Waals surface area contributed by atoms with Crippen molar-refractivity contribution in [1.29, 1.82) is 0 Å². The molecule has 3 rings (SSSR count). The molecule has 0 spiro atoms. The summed E-state index contributed by atoms with van der Waals surface area (Å²) in [6, 6.07) is 1.61. The smallest absolute Gasteiger partial charge is 0.0949 e. The van der Waals surface area contributed by atoms with Gasteiger partial charge in [0.05, 0.1) is 12.1 Å². The zero-order valence-electron chi connectivity index (χ0n) is 11.3. The van der Waals surface area contributed by atoms with Crippen LogP contribution in [-0.4, -0.2) is 23.1 Å². The first-order chi connectivity index (χ1) is 8.22. The minimum Gasteiger partial charge on any atom is -0.271 e. The van der Waals surface area contributed by atoms with Gasteiger partial charge in [-0.15, -0.1) is 0 Å². The standard InChI is InChI=1S/C14H25N3/c1-4-10-11-5-7-13-14(8-6-12(10)11)17(9(2)3)16-15-13/h9-14H,4-8H2,1-3H3/t10?,11-,12+,13?,14?/m0/s1. The van der Waals surface area contributed by atoms with Crippen LogP contribution in [0.1, 0.15) is 52.9 Å². The second-order valence-electron chi connectivity index (χ2n) is 6.37. The minimum atomic E-state index is 0.497. The summed E-state index contributed by atoms with van der Waals surface area (Å²) in [7, 11) is 0. The molecular weight excluding hydrogens is 210 g/mol. The molecule has 0 aromatic carbocycles. The molecule has 3 unspecified atom stereocenters. The van der Waals surface area contributed by atoms with E-state index in [0.717, 1.165) is 17.8 Å². The third kappa shape index (κ3) is 1.88. The molecule has 3 nitrogen and oxygen atoms in total. The maximum absolute atomic E-state index is 4.52. The van der Waals surface area contributed by atoms with Gasteiger partial charge in [0.15, 0.2) is 0 Å². The molecule has 2 fully saturated rings. The van der Waals surface area contributed by atoms with E-state index in [-0.39, 0.29) is 0 Å². The molecule has 17 heavy (non-hydrogen) atoms. The van der Waals surface area contributed by atoms with Gasteiger partial charge in [-0.05, 0) is 57.3 Å². The molecule has 1 heterocycles. The maximum atomic E-state index is 4.52. The Bertz CT molecular complexity index is 313. The molecule has 96 valence electrons. The lowest BCUT2D eigenvalue weighted by Gasteiger charge is -2.29. The Morgan fingerprint density at radius 1 is 1.12 bits per heavy atom. The highest BCUT2D eigenvalue weighted by atomic mass is 15.6. The average Bonchev–Trinajstić information content (AvgIpc) is 2.78. The Morgan fingerprint density at radius 2 is 1.82 bits per heavy atom. The van der Waals surface area contributed by atoms with E-state index < -0.39 is 0 Å². The number of hydrogen-bond donors (Lipinski definition) is 0. The topological polar surface area (TPSA) is 28.0 Å². The van der Waals surface area contributed by atoms with Crippen molar-refractivity contribution in [2.75, 3.05) is 0 Å². The molecule has 0 bridgehead atoms. The van der Waals surface area contributed by atoms with E-state index >= 15 is 0 Å². The zero-order valence-corrected chi connectivity index (χ0v) is 11.3. The first-order valence-electron chi connectivity index (χ1n) is 7.41. The van der Waals surface area contributed by atoms with Crippen LogP contribution in [0.2, 0.25) is 0 Å². The molecule has 0 amide bonds. The van der Waals surface area contributed by atoms with Crippen LogP contribution in [0, 0.1) is 17.8 Å². The molecule has 1 aliphatic heterocycles. The van der Waals surface area contributed by atoms with E-state index in [1.54, 1.807) is 0 Å². The lowest BCUT2D eigenvalue weighted by atomic mass is 9.92. The molecule has 0 radical (unpaired) electrons. The fourth-order valence-corrected chi connectivity index (χ4v) is 4.22. The highest BCUT2D eigenvalue weighted by molar-refractivity contribution is 5.01. The van der Waals surface area contributed by atoms with Gasteiger partial charge in [0.25, 0.3) is 0 Å². The van der Waals surface area contributed by atoms with Crippen LogP contribution in [0.3, 0.4) is 0 Å². The minimum absolute atomic E-state index is 0.497. The molecule has 5 atom stereocenters. The Hall–Kier alpha value is -0.600. The molecule has 0 aromatic rings. The van der Waals surface area contributed by atoms with Gasteiger partial charge < -0.3 is 0 Å². The normalized spacial score (nSPS) is 44.2. The predicted octanol–water partition coefficient (Wildman–Crippen LogP) is 3.66. The Morgan fingerprint density at radius 3 is 2.47 bits per heavy atom. The van der Waals surface area contributed by atoms with Crippen LogP contribution in [0.5, 0.6) is 0 Å². The molecule has 0 N–H and O–H groups in total. The van der Waals surface area contributed by atoms with Crippen molar-refractivity contribution in [3.8, 4) is 0 Å². The van der Waals surface area contributed by atoms with Gasteiger partial charge in [0, 0.05) is 6.04 Å². The van der Waals surface area contributed by atoms with Gasteiger partial charge in [0.2, 0.25) is 0 Å². The summed E-state index contributed by atoms with van der Waals surface area (Å²) in [5.74, 6) is 3.11. The van der Waals surface area contributed by atoms with Crippen molar-refractivity contribution in [2.45, 2.75) is 71.0 Å². The third-order valence-electron chi connectivity index (χ3n) is 5.19. The summed E-state index contributed by atoms with van der Waals surface area (Å²) in [6.07, 6.45) is 6.79. The summed E-state index contributed by atoms with van der Waals surface area (Å²) in [5, 5.41) is 11.2. The largest absolute Gasteiger partial charge is 0.271 e. The van der Waals surface area contributed by atoms with Gasteiger partial charge in [-0.2, -0.15) is 5.11 Å². The van der Waals surface area contributed by atoms with Crippen molar-refractivity contribution in [3.05, 3.63) is 0 Å². The van der Waals surface area contributed by atoms with Crippen molar-refractivity contribution in [3.63, 3.8) is 0 Å². The fraction of sp³-hybridized carbons (Fsp3) is 1.00. The van der Waals surface area contributed by atoms with Gasteiger partial charge >= 0.3 is 0 Å². The highest BCUT2D eigenvalue weighted by Gasteiger charge is 2.50. The molecule has 3 aliphatic rings. The molecule has 3 heteroatoms. The predicted molar refractivity (Wildman–Crippen MR) is 68.6 cm³/mol. The van der Waals surface area contributed by atoms with Crippen LogP contribution in [-0.2, 0) is 0 Å². The molecule has 0 aromatic heterocycles. The van der Waals surface area contributed by atoms with Crippen LogP contribution in [0.4, 0.5) is 0 Å². The summed E-state index contributed by atoms with van der Waals surface area (Å²) >= 11 is 0. The number of fused-ring (bicyclic) bond motifs is 2. The summed E-state index contributed by atoms with van der Waals surface area (Å²) in [6.45, 7) is 6.82. The van der Waals surface area contributed by atoms with Gasteiger partial charge in [-0.1, -0.05) is 18.6 Å². The third-order valence-corrected chi connectivity index (χ3v) is 5.19. The first-order valence-corrected chi connectivity index (χ1v) is 7.41. The Balaban J connectivity index is 1.67. The first kappa shape index (κ1) is 11.5. The average molecular weight is 235 g/mol. The molecule has 0 saturated heterocycles. The lowest BCUT2D eigenvalue weighted by molar-refractivity contribution is 0.154. The van der Waals surface area contributed by atoms with Crippen molar-refractivity contribution in [2.24, 2.45) is 28.1 Å². The van der Waals surface area contributed by atoms with Crippen LogP contribution >= 0.6 is 0 Å². The monoisotopic (exact) mass is 235 g/mol. The van der Waals surface area contributed by atoms with Crippen molar-refractivity contribution < 1.29 is 0 Å².